The Bertz CT molecular complexity index is 583. The fraction of sp³-hybridized carbons (Fsp3) is 0.0769. The van der Waals surface area contributed by atoms with Crippen molar-refractivity contribution >= 4 is 17.4 Å². The number of aromatic nitrogens is 1. The first-order valence-corrected chi connectivity index (χ1v) is 5.37. The number of halogens is 2. The molecule has 2 aromatic rings. The summed E-state index contributed by atoms with van der Waals surface area (Å²) in [4.78, 5) is 15.0. The van der Waals surface area contributed by atoms with E-state index in [1.807, 2.05) is 0 Å². The minimum atomic E-state index is -0.408. The lowest BCUT2D eigenvalue weighted by molar-refractivity contribution is 0.101. The molecule has 0 spiro atoms. The maximum Gasteiger partial charge on any atom is 0.161 e. The van der Waals surface area contributed by atoms with Gasteiger partial charge in [-0.15, -0.1) is 0 Å². The largest absolute Gasteiger partial charge is 0.294 e. The van der Waals surface area contributed by atoms with Crippen LogP contribution in [0.25, 0.3) is 11.1 Å². The summed E-state index contributed by atoms with van der Waals surface area (Å²) in [5.41, 5.74) is 1.81. The van der Waals surface area contributed by atoms with Gasteiger partial charge < -0.3 is 0 Å². The first-order valence-electron chi connectivity index (χ1n) is 4.99. The molecule has 0 bridgehead atoms. The molecule has 86 valence electrons. The summed E-state index contributed by atoms with van der Waals surface area (Å²) >= 11 is 5.98. The van der Waals surface area contributed by atoms with E-state index in [9.17, 15) is 9.18 Å². The summed E-state index contributed by atoms with van der Waals surface area (Å²) in [7, 11) is 0. The Labute approximate surface area is 103 Å². The summed E-state index contributed by atoms with van der Waals surface area (Å²) in [6, 6.07) is 6.35. The van der Waals surface area contributed by atoms with Crippen LogP contribution in [0.2, 0.25) is 5.02 Å². The van der Waals surface area contributed by atoms with Crippen molar-refractivity contribution < 1.29 is 9.18 Å². The van der Waals surface area contributed by atoms with Gasteiger partial charge in [-0.05, 0) is 30.7 Å². The van der Waals surface area contributed by atoms with Crippen molar-refractivity contribution in [2.24, 2.45) is 0 Å². The maximum atomic E-state index is 13.0. The molecule has 0 amide bonds. The average molecular weight is 250 g/mol. The molecular formula is C13H9ClFNO. The Hall–Kier alpha value is -1.74. The van der Waals surface area contributed by atoms with Crippen molar-refractivity contribution in [3.63, 3.8) is 0 Å². The van der Waals surface area contributed by atoms with Crippen LogP contribution in [0.3, 0.4) is 0 Å². The second kappa shape index (κ2) is 4.63. The Balaban J connectivity index is 2.48. The number of hydrogen-bond acceptors (Lipinski definition) is 2. The van der Waals surface area contributed by atoms with Crippen LogP contribution in [-0.4, -0.2) is 10.8 Å². The molecule has 0 aliphatic heterocycles. The first kappa shape index (κ1) is 11.7. The van der Waals surface area contributed by atoms with E-state index in [-0.39, 0.29) is 5.78 Å². The van der Waals surface area contributed by atoms with Crippen LogP contribution >= 0.6 is 11.6 Å². The summed E-state index contributed by atoms with van der Waals surface area (Å²) in [6.45, 7) is 1.45. The van der Waals surface area contributed by atoms with E-state index in [4.69, 9.17) is 11.6 Å². The minimum absolute atomic E-state index is 0.0982. The van der Waals surface area contributed by atoms with Gasteiger partial charge in [0.05, 0.1) is 11.2 Å². The number of benzene rings is 1. The second-order valence-corrected chi connectivity index (χ2v) is 4.05. The number of carbonyl (C=O) groups excluding carboxylic acids is 1. The van der Waals surface area contributed by atoms with Gasteiger partial charge >= 0.3 is 0 Å². The lowest BCUT2D eigenvalue weighted by atomic mass is 10.0. The lowest BCUT2D eigenvalue weighted by Crippen LogP contribution is -1.93. The lowest BCUT2D eigenvalue weighted by Gasteiger charge is -2.04. The highest BCUT2D eigenvalue weighted by molar-refractivity contribution is 6.34. The first-order chi connectivity index (χ1) is 8.08. The topological polar surface area (TPSA) is 30.0 Å². The fourth-order valence-electron chi connectivity index (χ4n) is 1.55. The predicted octanol–water partition coefficient (Wildman–Crippen LogP) is 3.74. The van der Waals surface area contributed by atoms with Crippen molar-refractivity contribution in [1.82, 2.24) is 4.98 Å². The third kappa shape index (κ3) is 2.50. The molecular weight excluding hydrogens is 241 g/mol. The van der Waals surface area contributed by atoms with Crippen molar-refractivity contribution in [3.8, 4) is 11.1 Å². The predicted molar refractivity (Wildman–Crippen MR) is 64.6 cm³/mol. The molecule has 2 nitrogen and oxygen atoms in total. The van der Waals surface area contributed by atoms with Crippen molar-refractivity contribution in [2.45, 2.75) is 6.92 Å². The zero-order valence-electron chi connectivity index (χ0n) is 9.08. The standard InChI is InChI=1S/C13H9ClFNO/c1-8(17)12-3-2-9(5-13(12)14)10-4-11(15)7-16-6-10/h2-7H,1H3. The number of nitrogens with zero attached hydrogens (tertiary/aromatic N) is 1. The number of rotatable bonds is 2. The molecule has 0 saturated heterocycles. The van der Waals surface area contributed by atoms with Crippen LogP contribution in [0.1, 0.15) is 17.3 Å². The third-order valence-corrected chi connectivity index (χ3v) is 2.70. The fourth-order valence-corrected chi connectivity index (χ4v) is 1.86. The Morgan fingerprint density at radius 1 is 1.24 bits per heavy atom. The molecule has 17 heavy (non-hydrogen) atoms. The molecule has 1 heterocycles. The molecule has 0 aliphatic carbocycles. The highest BCUT2D eigenvalue weighted by Crippen LogP contribution is 2.25. The highest BCUT2D eigenvalue weighted by atomic mass is 35.5. The molecule has 1 aromatic heterocycles. The number of hydrogen-bond donors (Lipinski definition) is 0. The smallest absolute Gasteiger partial charge is 0.161 e. The molecule has 0 fully saturated rings. The van der Waals surface area contributed by atoms with Gasteiger partial charge in [-0.3, -0.25) is 9.78 Å². The molecule has 0 unspecified atom stereocenters. The maximum absolute atomic E-state index is 13.0. The third-order valence-electron chi connectivity index (χ3n) is 2.39. The minimum Gasteiger partial charge on any atom is -0.294 e. The van der Waals surface area contributed by atoms with E-state index in [1.54, 1.807) is 24.4 Å². The Morgan fingerprint density at radius 3 is 2.59 bits per heavy atom. The van der Waals surface area contributed by atoms with Gasteiger partial charge in [-0.1, -0.05) is 17.7 Å². The molecule has 0 atom stereocenters. The summed E-state index contributed by atoms with van der Waals surface area (Å²) in [5.74, 6) is -0.506. The number of carbonyl (C=O) groups is 1. The molecule has 0 N–H and O–H groups in total. The summed E-state index contributed by atoms with van der Waals surface area (Å²) < 4.78 is 13.0. The van der Waals surface area contributed by atoms with Crippen LogP contribution in [0.4, 0.5) is 4.39 Å². The Kier molecular flexibility index (Phi) is 3.20. The molecule has 0 radical (unpaired) electrons. The zero-order valence-corrected chi connectivity index (χ0v) is 9.83. The van der Waals surface area contributed by atoms with Crippen LogP contribution in [-0.2, 0) is 0 Å². The molecule has 2 rings (SSSR count). The Morgan fingerprint density at radius 2 is 2.00 bits per heavy atom. The molecule has 1 aromatic carbocycles. The normalized spacial score (nSPS) is 10.3. The van der Waals surface area contributed by atoms with Gasteiger partial charge in [-0.2, -0.15) is 0 Å². The number of Topliss-reactive ketones (excluding diaryl/α,β-unsaturated/α-hetero) is 1. The van der Waals surface area contributed by atoms with E-state index in [0.29, 0.717) is 16.1 Å². The molecule has 4 heteroatoms. The SMILES string of the molecule is CC(=O)c1ccc(-c2cncc(F)c2)cc1Cl. The van der Waals surface area contributed by atoms with Crippen LogP contribution < -0.4 is 0 Å². The van der Waals surface area contributed by atoms with Gasteiger partial charge in [0.15, 0.2) is 5.78 Å². The van der Waals surface area contributed by atoms with E-state index < -0.39 is 5.82 Å². The van der Waals surface area contributed by atoms with Crippen molar-refractivity contribution in [3.05, 3.63) is 53.1 Å². The van der Waals surface area contributed by atoms with Gasteiger partial charge in [0.1, 0.15) is 5.82 Å². The zero-order chi connectivity index (χ0) is 12.4. The summed E-state index contributed by atoms with van der Waals surface area (Å²) in [5, 5.41) is 0.360. The van der Waals surface area contributed by atoms with Gasteiger partial charge in [0.25, 0.3) is 0 Å². The monoisotopic (exact) mass is 249 g/mol. The number of pyridine rings is 1. The highest BCUT2D eigenvalue weighted by Gasteiger charge is 2.07. The van der Waals surface area contributed by atoms with Crippen molar-refractivity contribution in [1.29, 1.82) is 0 Å². The van der Waals surface area contributed by atoms with Crippen LogP contribution in [0.5, 0.6) is 0 Å². The molecule has 0 saturated carbocycles. The van der Waals surface area contributed by atoms with E-state index >= 15 is 0 Å². The van der Waals surface area contributed by atoms with E-state index in [0.717, 1.165) is 11.8 Å². The second-order valence-electron chi connectivity index (χ2n) is 3.64. The van der Waals surface area contributed by atoms with Gasteiger partial charge in [0, 0.05) is 17.3 Å². The van der Waals surface area contributed by atoms with Crippen LogP contribution in [0.15, 0.2) is 36.7 Å². The van der Waals surface area contributed by atoms with Crippen LogP contribution in [0, 0.1) is 5.82 Å². The van der Waals surface area contributed by atoms with E-state index in [1.165, 1.54) is 13.0 Å². The quantitative estimate of drug-likeness (QED) is 0.759. The van der Waals surface area contributed by atoms with Crippen molar-refractivity contribution in [2.75, 3.05) is 0 Å². The van der Waals surface area contributed by atoms with E-state index in [2.05, 4.69) is 4.98 Å². The van der Waals surface area contributed by atoms with Gasteiger partial charge in [0.2, 0.25) is 0 Å². The molecule has 0 aliphatic rings. The summed E-state index contributed by atoms with van der Waals surface area (Å²) in [6.07, 6.45) is 2.68. The van der Waals surface area contributed by atoms with Gasteiger partial charge in [-0.25, -0.2) is 4.39 Å². The number of ketones is 1. The average Bonchev–Trinajstić information content (AvgIpc) is 2.28.